The van der Waals surface area contributed by atoms with Crippen LogP contribution < -0.4 is 4.74 Å². The summed E-state index contributed by atoms with van der Waals surface area (Å²) in [5, 5.41) is 0.681. The van der Waals surface area contributed by atoms with Crippen molar-refractivity contribution in [2.75, 3.05) is 0 Å². The van der Waals surface area contributed by atoms with E-state index in [1.165, 1.54) is 18.4 Å². The summed E-state index contributed by atoms with van der Waals surface area (Å²) in [5.74, 6) is -0.470. The Labute approximate surface area is 157 Å². The van der Waals surface area contributed by atoms with Crippen molar-refractivity contribution in [1.82, 2.24) is 4.98 Å². The molecule has 7 heteroatoms. The predicted octanol–water partition coefficient (Wildman–Crippen LogP) is 5.73. The van der Waals surface area contributed by atoms with Crippen LogP contribution in [0.5, 0.6) is 5.75 Å². The molecule has 0 atom stereocenters. The molecule has 0 aliphatic rings. The number of alkyl halides is 3. The first kappa shape index (κ1) is 17.8. The lowest BCUT2D eigenvalue weighted by molar-refractivity contribution is -0.137. The summed E-state index contributed by atoms with van der Waals surface area (Å²) >= 11 is 0. The quantitative estimate of drug-likeness (QED) is 0.335. The van der Waals surface area contributed by atoms with Gasteiger partial charge in [-0.15, -0.1) is 0 Å². The van der Waals surface area contributed by atoms with Gasteiger partial charge in [0.2, 0.25) is 5.76 Å². The first-order valence-electron chi connectivity index (χ1n) is 8.25. The number of carbonyl (C=O) groups excluding carboxylic acids is 1. The van der Waals surface area contributed by atoms with Crippen molar-refractivity contribution in [3.63, 3.8) is 0 Å². The van der Waals surface area contributed by atoms with E-state index in [1.54, 1.807) is 42.5 Å². The lowest BCUT2D eigenvalue weighted by Gasteiger charge is -2.10. The number of furan rings is 1. The van der Waals surface area contributed by atoms with Gasteiger partial charge in [0.25, 0.3) is 0 Å². The fourth-order valence-corrected chi connectivity index (χ4v) is 2.76. The molecule has 0 spiro atoms. The summed E-state index contributed by atoms with van der Waals surface area (Å²) in [6.07, 6.45) is -3.10. The summed E-state index contributed by atoms with van der Waals surface area (Å²) in [6, 6.07) is 16.3. The molecule has 0 N–H and O–H groups in total. The van der Waals surface area contributed by atoms with Crippen LogP contribution in [0.25, 0.3) is 22.2 Å². The Bertz CT molecular complexity index is 1150. The van der Waals surface area contributed by atoms with Crippen LogP contribution in [0.3, 0.4) is 0 Å². The number of rotatable bonds is 3. The van der Waals surface area contributed by atoms with Gasteiger partial charge < -0.3 is 9.15 Å². The van der Waals surface area contributed by atoms with Crippen molar-refractivity contribution in [1.29, 1.82) is 0 Å². The minimum Gasteiger partial charge on any atom is -0.457 e. The Hall–Kier alpha value is -3.61. The van der Waals surface area contributed by atoms with Crippen molar-refractivity contribution in [3.05, 3.63) is 84.3 Å². The number of halogens is 3. The minimum atomic E-state index is -4.45. The van der Waals surface area contributed by atoms with Crippen LogP contribution in [-0.4, -0.2) is 11.0 Å². The summed E-state index contributed by atoms with van der Waals surface area (Å²) in [4.78, 5) is 16.6. The monoisotopic (exact) mass is 383 g/mol. The zero-order valence-electron chi connectivity index (χ0n) is 14.2. The number of pyridine rings is 1. The third kappa shape index (κ3) is 3.46. The van der Waals surface area contributed by atoms with Crippen molar-refractivity contribution >= 4 is 16.9 Å². The number of fused-ring (bicyclic) bond motifs is 1. The summed E-state index contributed by atoms with van der Waals surface area (Å²) in [5.41, 5.74) is 0.241. The van der Waals surface area contributed by atoms with Crippen LogP contribution in [0.15, 0.2) is 77.4 Å². The number of aromatic nitrogens is 1. The van der Waals surface area contributed by atoms with Gasteiger partial charge in [-0.2, -0.15) is 13.2 Å². The predicted molar refractivity (Wildman–Crippen MR) is 95.8 cm³/mol. The number of esters is 1. The molecular formula is C21H12F3NO3. The second-order valence-electron chi connectivity index (χ2n) is 5.97. The number of para-hydroxylation sites is 1. The summed E-state index contributed by atoms with van der Waals surface area (Å²) in [7, 11) is 0. The number of nitrogens with zero attached hydrogens (tertiary/aromatic N) is 1. The summed E-state index contributed by atoms with van der Waals surface area (Å²) in [6.45, 7) is 0. The maximum atomic E-state index is 13.0. The van der Waals surface area contributed by atoms with Crippen molar-refractivity contribution in [3.8, 4) is 17.0 Å². The largest absolute Gasteiger partial charge is 0.457 e. The van der Waals surface area contributed by atoms with Crippen LogP contribution in [0, 0.1) is 0 Å². The Kier molecular flexibility index (Phi) is 4.35. The van der Waals surface area contributed by atoms with E-state index in [1.807, 2.05) is 0 Å². The molecule has 0 radical (unpaired) electrons. The highest BCUT2D eigenvalue weighted by Crippen LogP contribution is 2.33. The van der Waals surface area contributed by atoms with E-state index in [-0.39, 0.29) is 11.5 Å². The molecule has 4 nitrogen and oxygen atoms in total. The van der Waals surface area contributed by atoms with Gasteiger partial charge in [-0.05, 0) is 36.4 Å². The number of carbonyl (C=O) groups is 1. The molecule has 0 bridgehead atoms. The van der Waals surface area contributed by atoms with Crippen LogP contribution in [0.2, 0.25) is 0 Å². The van der Waals surface area contributed by atoms with Gasteiger partial charge in [-0.25, -0.2) is 9.78 Å². The molecule has 0 fully saturated rings. The molecule has 0 saturated carbocycles. The lowest BCUT2D eigenvalue weighted by atomic mass is 10.1. The maximum absolute atomic E-state index is 13.0. The van der Waals surface area contributed by atoms with Gasteiger partial charge in [0.1, 0.15) is 5.52 Å². The van der Waals surface area contributed by atoms with E-state index in [2.05, 4.69) is 4.98 Å². The molecule has 0 unspecified atom stereocenters. The second-order valence-corrected chi connectivity index (χ2v) is 5.97. The Balaban J connectivity index is 1.75. The molecule has 0 saturated heterocycles. The maximum Gasteiger partial charge on any atom is 0.416 e. The minimum absolute atomic E-state index is 0.0334. The first-order chi connectivity index (χ1) is 13.4. The highest BCUT2D eigenvalue weighted by atomic mass is 19.4. The van der Waals surface area contributed by atoms with Gasteiger partial charge in [-0.3, -0.25) is 0 Å². The van der Waals surface area contributed by atoms with Gasteiger partial charge in [-0.1, -0.05) is 30.3 Å². The van der Waals surface area contributed by atoms with Crippen LogP contribution in [-0.2, 0) is 6.18 Å². The van der Waals surface area contributed by atoms with Gasteiger partial charge >= 0.3 is 12.1 Å². The number of benzene rings is 2. The lowest BCUT2D eigenvalue weighted by Crippen LogP contribution is -2.08. The SMILES string of the molecule is O=C(Oc1cccc2ccc(-c3cccc(C(F)(F)F)c3)nc12)c1ccco1. The van der Waals surface area contributed by atoms with Gasteiger partial charge in [0, 0.05) is 10.9 Å². The highest BCUT2D eigenvalue weighted by molar-refractivity contribution is 5.93. The molecule has 140 valence electrons. The Morgan fingerprint density at radius 3 is 2.54 bits per heavy atom. The number of hydrogen-bond acceptors (Lipinski definition) is 4. The summed E-state index contributed by atoms with van der Waals surface area (Å²) < 4.78 is 49.4. The molecule has 2 aromatic carbocycles. The van der Waals surface area contributed by atoms with Crippen LogP contribution in [0.4, 0.5) is 13.2 Å². The third-order valence-electron chi connectivity index (χ3n) is 4.09. The van der Waals surface area contributed by atoms with E-state index in [0.717, 1.165) is 12.1 Å². The fraction of sp³-hybridized carbons (Fsp3) is 0.0476. The molecule has 0 amide bonds. The molecule has 2 heterocycles. The van der Waals surface area contributed by atoms with Gasteiger partial charge in [0.05, 0.1) is 17.5 Å². The number of hydrogen-bond donors (Lipinski definition) is 0. The van der Waals surface area contributed by atoms with E-state index >= 15 is 0 Å². The zero-order chi connectivity index (χ0) is 19.7. The van der Waals surface area contributed by atoms with Crippen molar-refractivity contribution in [2.45, 2.75) is 6.18 Å². The highest BCUT2D eigenvalue weighted by Gasteiger charge is 2.30. The topological polar surface area (TPSA) is 52.3 Å². The molecule has 28 heavy (non-hydrogen) atoms. The molecule has 2 aromatic heterocycles. The van der Waals surface area contributed by atoms with E-state index in [4.69, 9.17) is 9.15 Å². The fourth-order valence-electron chi connectivity index (χ4n) is 2.76. The first-order valence-corrected chi connectivity index (χ1v) is 8.25. The molecule has 4 aromatic rings. The van der Waals surface area contributed by atoms with Crippen molar-refractivity contribution < 1.29 is 27.1 Å². The van der Waals surface area contributed by atoms with E-state index in [9.17, 15) is 18.0 Å². The zero-order valence-corrected chi connectivity index (χ0v) is 14.2. The third-order valence-corrected chi connectivity index (χ3v) is 4.09. The van der Waals surface area contributed by atoms with E-state index < -0.39 is 17.7 Å². The normalized spacial score (nSPS) is 11.5. The van der Waals surface area contributed by atoms with Crippen LogP contribution >= 0.6 is 0 Å². The molecule has 4 rings (SSSR count). The average molecular weight is 383 g/mol. The van der Waals surface area contributed by atoms with Crippen LogP contribution in [0.1, 0.15) is 16.1 Å². The smallest absolute Gasteiger partial charge is 0.416 e. The van der Waals surface area contributed by atoms with E-state index in [0.29, 0.717) is 22.2 Å². The molecule has 0 aliphatic heterocycles. The number of ether oxygens (including phenoxy) is 1. The second kappa shape index (κ2) is 6.84. The molecule has 0 aliphatic carbocycles. The Morgan fingerprint density at radius 2 is 1.79 bits per heavy atom. The standard InChI is InChI=1S/C21H12F3NO3/c22-21(23,24)15-6-1-5-14(12-15)16-10-9-13-4-2-7-17(19(13)25-16)28-20(26)18-8-3-11-27-18/h1-12H. The van der Waals surface area contributed by atoms with Gasteiger partial charge in [0.15, 0.2) is 5.75 Å². The Morgan fingerprint density at radius 1 is 0.964 bits per heavy atom. The average Bonchev–Trinajstić information content (AvgIpc) is 3.22. The molecular weight excluding hydrogens is 371 g/mol. The van der Waals surface area contributed by atoms with Crippen molar-refractivity contribution in [2.24, 2.45) is 0 Å².